The Balaban J connectivity index is 2.36. The van der Waals surface area contributed by atoms with E-state index in [0.29, 0.717) is 22.6 Å². The monoisotopic (exact) mass is 325 g/mol. The van der Waals surface area contributed by atoms with E-state index in [1.54, 1.807) is 39.2 Å². The molecular formula is C17H15N3O4. The molecule has 0 saturated carbocycles. The first-order chi connectivity index (χ1) is 11.3. The minimum Gasteiger partial charge on any atom is -0.457 e. The Kier molecular flexibility index (Phi) is 4.80. The molecule has 0 radical (unpaired) electrons. The van der Waals surface area contributed by atoms with E-state index in [1.165, 1.54) is 23.1 Å². The number of nitrogens with zero attached hydrogens (tertiary/aromatic N) is 3. The molecule has 0 unspecified atom stereocenters. The van der Waals surface area contributed by atoms with Crippen LogP contribution in [0.15, 0.2) is 40.3 Å². The van der Waals surface area contributed by atoms with Gasteiger partial charge in [0.05, 0.1) is 4.92 Å². The molecule has 0 saturated heterocycles. The maximum Gasteiger partial charge on any atom is 0.269 e. The number of benzene rings is 1. The van der Waals surface area contributed by atoms with E-state index in [0.717, 1.165) is 0 Å². The van der Waals surface area contributed by atoms with Crippen LogP contribution in [0.2, 0.25) is 0 Å². The highest BCUT2D eigenvalue weighted by Crippen LogP contribution is 2.29. The van der Waals surface area contributed by atoms with Crippen molar-refractivity contribution >= 4 is 17.7 Å². The molecule has 122 valence electrons. The second-order valence-corrected chi connectivity index (χ2v) is 5.33. The van der Waals surface area contributed by atoms with Crippen molar-refractivity contribution in [1.82, 2.24) is 4.90 Å². The zero-order valence-corrected chi connectivity index (χ0v) is 13.4. The van der Waals surface area contributed by atoms with Crippen molar-refractivity contribution in [2.75, 3.05) is 14.1 Å². The van der Waals surface area contributed by atoms with Gasteiger partial charge in [0, 0.05) is 37.9 Å². The third-order valence-electron chi connectivity index (χ3n) is 3.36. The number of amides is 1. The van der Waals surface area contributed by atoms with Gasteiger partial charge in [-0.1, -0.05) is 0 Å². The van der Waals surface area contributed by atoms with Gasteiger partial charge in [0.15, 0.2) is 0 Å². The van der Waals surface area contributed by atoms with Crippen LogP contribution in [-0.2, 0) is 4.79 Å². The number of likely N-dealkylation sites (N-methyl/N-ethyl adjacent to an activating group) is 1. The molecule has 0 spiro atoms. The predicted molar refractivity (Wildman–Crippen MR) is 87.8 cm³/mol. The van der Waals surface area contributed by atoms with Crippen molar-refractivity contribution in [3.8, 4) is 17.4 Å². The molecule has 0 aliphatic rings. The minimum absolute atomic E-state index is 0.00581. The Morgan fingerprint density at radius 2 is 2.04 bits per heavy atom. The number of hydrogen-bond acceptors (Lipinski definition) is 5. The van der Waals surface area contributed by atoms with Crippen molar-refractivity contribution in [2.24, 2.45) is 0 Å². The van der Waals surface area contributed by atoms with E-state index < -0.39 is 10.8 Å². The number of hydrogen-bond donors (Lipinski definition) is 0. The SMILES string of the molecule is Cc1cc([N+](=O)[O-])ccc1-c1ccc(C=C(C#N)C(=O)N(C)C)o1. The summed E-state index contributed by atoms with van der Waals surface area (Å²) in [6.07, 6.45) is 1.37. The summed E-state index contributed by atoms with van der Waals surface area (Å²) >= 11 is 0. The van der Waals surface area contributed by atoms with Gasteiger partial charge in [-0.2, -0.15) is 5.26 Å². The van der Waals surface area contributed by atoms with Crippen molar-refractivity contribution < 1.29 is 14.1 Å². The van der Waals surface area contributed by atoms with E-state index in [4.69, 9.17) is 9.68 Å². The van der Waals surface area contributed by atoms with Crippen molar-refractivity contribution in [3.63, 3.8) is 0 Å². The van der Waals surface area contributed by atoms with E-state index in [2.05, 4.69) is 0 Å². The van der Waals surface area contributed by atoms with Crippen molar-refractivity contribution in [2.45, 2.75) is 6.92 Å². The number of nitriles is 1. The lowest BCUT2D eigenvalue weighted by Crippen LogP contribution is -2.22. The summed E-state index contributed by atoms with van der Waals surface area (Å²) in [5, 5.41) is 19.9. The Morgan fingerprint density at radius 3 is 2.58 bits per heavy atom. The summed E-state index contributed by atoms with van der Waals surface area (Å²) in [6.45, 7) is 1.75. The number of furan rings is 1. The first-order valence-electron chi connectivity index (χ1n) is 7.02. The molecule has 7 nitrogen and oxygen atoms in total. The largest absolute Gasteiger partial charge is 0.457 e. The average Bonchev–Trinajstić information content (AvgIpc) is 2.99. The van der Waals surface area contributed by atoms with Gasteiger partial charge in [-0.05, 0) is 30.7 Å². The number of carbonyl (C=O) groups excluding carboxylic acids is 1. The second-order valence-electron chi connectivity index (χ2n) is 5.33. The van der Waals surface area contributed by atoms with Gasteiger partial charge < -0.3 is 9.32 Å². The van der Waals surface area contributed by atoms with Crippen molar-refractivity contribution in [1.29, 1.82) is 5.26 Å². The maximum absolute atomic E-state index is 11.8. The molecule has 0 atom stereocenters. The van der Waals surface area contributed by atoms with Crippen LogP contribution in [-0.4, -0.2) is 29.8 Å². The first kappa shape index (κ1) is 17.0. The Hall–Kier alpha value is -3.40. The Labute approximate surface area is 138 Å². The number of nitro benzene ring substituents is 1. The van der Waals surface area contributed by atoms with Crippen LogP contribution in [0.4, 0.5) is 5.69 Å². The van der Waals surface area contributed by atoms with Crippen LogP contribution in [0.3, 0.4) is 0 Å². The summed E-state index contributed by atoms with van der Waals surface area (Å²) in [4.78, 5) is 23.5. The lowest BCUT2D eigenvalue weighted by Gasteiger charge is -2.07. The van der Waals surface area contributed by atoms with Crippen LogP contribution in [0.5, 0.6) is 0 Å². The number of nitro groups is 1. The number of carbonyl (C=O) groups is 1. The van der Waals surface area contributed by atoms with Gasteiger partial charge in [-0.15, -0.1) is 0 Å². The van der Waals surface area contributed by atoms with Gasteiger partial charge >= 0.3 is 0 Å². The van der Waals surface area contributed by atoms with E-state index >= 15 is 0 Å². The van der Waals surface area contributed by atoms with Gasteiger partial charge in [-0.25, -0.2) is 0 Å². The topological polar surface area (TPSA) is 100 Å². The highest BCUT2D eigenvalue weighted by Gasteiger charge is 2.14. The zero-order chi connectivity index (χ0) is 17.9. The molecule has 24 heavy (non-hydrogen) atoms. The summed E-state index contributed by atoms with van der Waals surface area (Å²) in [5.74, 6) is 0.444. The molecule has 7 heteroatoms. The standard InChI is InChI=1S/C17H15N3O4/c1-11-8-13(20(22)23)4-6-15(11)16-7-5-14(24-16)9-12(10-18)17(21)19(2)3/h4-9H,1-3H3. The molecule has 2 aromatic rings. The molecule has 0 N–H and O–H groups in total. The van der Waals surface area contributed by atoms with Gasteiger partial charge in [0.1, 0.15) is 23.2 Å². The average molecular weight is 325 g/mol. The summed E-state index contributed by atoms with van der Waals surface area (Å²) in [5.41, 5.74) is 1.37. The van der Waals surface area contributed by atoms with Crippen molar-refractivity contribution in [3.05, 3.63) is 57.3 Å². The molecule has 2 rings (SSSR count). The molecule has 0 aliphatic carbocycles. The molecule has 0 aliphatic heterocycles. The minimum atomic E-state index is -0.459. The zero-order valence-electron chi connectivity index (χ0n) is 13.4. The fraction of sp³-hybridized carbons (Fsp3) is 0.176. The third kappa shape index (κ3) is 3.50. The highest BCUT2D eigenvalue weighted by atomic mass is 16.6. The van der Waals surface area contributed by atoms with Crippen LogP contribution >= 0.6 is 0 Å². The lowest BCUT2D eigenvalue weighted by atomic mass is 10.1. The summed E-state index contributed by atoms with van der Waals surface area (Å²) < 4.78 is 5.65. The first-order valence-corrected chi connectivity index (χ1v) is 7.02. The summed E-state index contributed by atoms with van der Waals surface area (Å²) in [6, 6.07) is 9.64. The molecular weight excluding hydrogens is 310 g/mol. The highest BCUT2D eigenvalue weighted by molar-refractivity contribution is 6.01. The molecule has 1 aromatic carbocycles. The normalized spacial score (nSPS) is 11.0. The summed E-state index contributed by atoms with van der Waals surface area (Å²) in [7, 11) is 3.11. The van der Waals surface area contributed by atoms with Crippen LogP contribution in [0.1, 0.15) is 11.3 Å². The van der Waals surface area contributed by atoms with Crippen LogP contribution in [0, 0.1) is 28.4 Å². The Morgan fingerprint density at radius 1 is 1.33 bits per heavy atom. The molecule has 1 amide bonds. The smallest absolute Gasteiger partial charge is 0.269 e. The predicted octanol–water partition coefficient (Wildman–Crippen LogP) is 3.16. The number of rotatable bonds is 4. The maximum atomic E-state index is 11.8. The van der Waals surface area contributed by atoms with E-state index in [-0.39, 0.29) is 11.3 Å². The fourth-order valence-corrected chi connectivity index (χ4v) is 2.14. The fourth-order valence-electron chi connectivity index (χ4n) is 2.14. The van der Waals surface area contributed by atoms with Crippen LogP contribution in [0.25, 0.3) is 17.4 Å². The molecule has 0 bridgehead atoms. The lowest BCUT2D eigenvalue weighted by molar-refractivity contribution is -0.384. The van der Waals surface area contributed by atoms with Gasteiger partial charge in [-0.3, -0.25) is 14.9 Å². The Bertz CT molecular complexity index is 872. The van der Waals surface area contributed by atoms with E-state index in [1.807, 2.05) is 6.07 Å². The number of aryl methyl sites for hydroxylation is 1. The van der Waals surface area contributed by atoms with Gasteiger partial charge in [0.25, 0.3) is 11.6 Å². The number of non-ortho nitro benzene ring substituents is 1. The van der Waals surface area contributed by atoms with Crippen LogP contribution < -0.4 is 0 Å². The molecule has 1 heterocycles. The van der Waals surface area contributed by atoms with E-state index in [9.17, 15) is 14.9 Å². The molecule has 1 aromatic heterocycles. The third-order valence-corrected chi connectivity index (χ3v) is 3.36. The quantitative estimate of drug-likeness (QED) is 0.372. The molecule has 0 fully saturated rings. The second kappa shape index (κ2) is 6.79. The van der Waals surface area contributed by atoms with Gasteiger partial charge in [0.2, 0.25) is 0 Å².